The van der Waals surface area contributed by atoms with Gasteiger partial charge in [-0.3, -0.25) is 14.7 Å². The van der Waals surface area contributed by atoms with Crippen LogP contribution >= 0.6 is 0 Å². The zero-order valence-electron chi connectivity index (χ0n) is 16.4. The van der Waals surface area contributed by atoms with Gasteiger partial charge in [0.05, 0.1) is 12.4 Å². The van der Waals surface area contributed by atoms with Crippen molar-refractivity contribution in [3.63, 3.8) is 0 Å². The van der Waals surface area contributed by atoms with Gasteiger partial charge in [-0.15, -0.1) is 5.10 Å². The highest BCUT2D eigenvalue weighted by Gasteiger charge is 2.29. The number of rotatable bonds is 4. The molecule has 9 heteroatoms. The summed E-state index contributed by atoms with van der Waals surface area (Å²) in [5, 5.41) is 18.9. The number of Topliss-reactive ketones (excluding diaryl/α,β-unsaturated/α-hetero) is 1. The van der Waals surface area contributed by atoms with Crippen LogP contribution in [0.4, 0.5) is 0 Å². The zero-order chi connectivity index (χ0) is 21.2. The molecule has 4 aromatic rings. The molecule has 154 valence electrons. The monoisotopic (exact) mass is 414 g/mol. The Morgan fingerprint density at radius 1 is 1.13 bits per heavy atom. The first-order valence-corrected chi connectivity index (χ1v) is 9.81. The lowest BCUT2D eigenvalue weighted by Gasteiger charge is -2.13. The van der Waals surface area contributed by atoms with Crippen molar-refractivity contribution in [3.05, 3.63) is 77.6 Å². The first kappa shape index (κ1) is 18.9. The van der Waals surface area contributed by atoms with Crippen molar-refractivity contribution < 1.29 is 14.3 Å². The zero-order valence-corrected chi connectivity index (χ0v) is 16.4. The van der Waals surface area contributed by atoms with Crippen LogP contribution in [0.3, 0.4) is 0 Å². The fourth-order valence-electron chi connectivity index (χ4n) is 3.61. The molecule has 0 saturated heterocycles. The summed E-state index contributed by atoms with van der Waals surface area (Å²) in [5.41, 5.74) is 1.80. The fraction of sp³-hybridized carbons (Fsp3) is 0.182. The molecular formula is C22H18N6O3. The largest absolute Gasteiger partial charge is 0.491 e. The van der Waals surface area contributed by atoms with Gasteiger partial charge in [-0.1, -0.05) is 30.3 Å². The summed E-state index contributed by atoms with van der Waals surface area (Å²) in [7, 11) is 0. The Hall–Kier alpha value is -4.14. The lowest BCUT2D eigenvalue weighted by molar-refractivity contribution is -0.120. The van der Waals surface area contributed by atoms with E-state index in [0.29, 0.717) is 18.0 Å². The maximum atomic E-state index is 12.9. The van der Waals surface area contributed by atoms with E-state index in [2.05, 4.69) is 30.7 Å². The first-order valence-electron chi connectivity index (χ1n) is 9.81. The predicted octanol–water partition coefficient (Wildman–Crippen LogP) is 1.64. The van der Waals surface area contributed by atoms with Gasteiger partial charge in [-0.05, 0) is 17.7 Å². The topological polar surface area (TPSA) is 123 Å². The van der Waals surface area contributed by atoms with Crippen LogP contribution < -0.4 is 10.1 Å². The van der Waals surface area contributed by atoms with Crippen molar-refractivity contribution in [3.8, 4) is 5.75 Å². The van der Waals surface area contributed by atoms with E-state index in [-0.39, 0.29) is 24.6 Å². The molecule has 0 saturated carbocycles. The highest BCUT2D eigenvalue weighted by molar-refractivity contribution is 5.98. The van der Waals surface area contributed by atoms with Crippen LogP contribution in [0.1, 0.15) is 27.6 Å². The number of fused-ring (bicyclic) bond motifs is 3. The Morgan fingerprint density at radius 3 is 2.84 bits per heavy atom. The number of nitrogens with one attached hydrogen (secondary N) is 2. The van der Waals surface area contributed by atoms with E-state index < -0.39 is 11.9 Å². The minimum atomic E-state index is -0.805. The van der Waals surface area contributed by atoms with Crippen LogP contribution in [0, 0.1) is 0 Å². The summed E-state index contributed by atoms with van der Waals surface area (Å²) in [5.74, 6) is 0.477. The van der Waals surface area contributed by atoms with Gasteiger partial charge in [-0.2, -0.15) is 10.2 Å². The second-order valence-corrected chi connectivity index (χ2v) is 7.28. The van der Waals surface area contributed by atoms with Gasteiger partial charge >= 0.3 is 0 Å². The molecule has 1 aliphatic rings. The maximum Gasteiger partial charge on any atom is 0.291 e. The molecule has 0 fully saturated rings. The van der Waals surface area contributed by atoms with Crippen LogP contribution in [0.15, 0.2) is 54.9 Å². The third-order valence-corrected chi connectivity index (χ3v) is 5.20. The maximum absolute atomic E-state index is 12.9. The first-order chi connectivity index (χ1) is 15.2. The summed E-state index contributed by atoms with van der Waals surface area (Å²) in [6.07, 6.45) is 3.90. The molecular weight excluding hydrogens is 396 g/mol. The van der Waals surface area contributed by atoms with Crippen LogP contribution in [-0.4, -0.2) is 49.7 Å². The molecule has 1 atom stereocenters. The molecule has 3 heterocycles. The van der Waals surface area contributed by atoms with Gasteiger partial charge in [0.15, 0.2) is 5.78 Å². The molecule has 2 aromatic heterocycles. The number of hydrogen-bond acceptors (Lipinski definition) is 7. The van der Waals surface area contributed by atoms with Gasteiger partial charge in [0.25, 0.3) is 5.91 Å². The average Bonchev–Trinajstić information content (AvgIpc) is 3.20. The number of aromatic amines is 1. The number of H-pyrrole nitrogens is 1. The molecule has 0 unspecified atom stereocenters. The average molecular weight is 414 g/mol. The number of aromatic nitrogens is 5. The lowest BCUT2D eigenvalue weighted by Crippen LogP contribution is -2.44. The standard InChI is InChI=1S/C22H18N6O3/c29-18-9-15-16-11-24-23-10-14(16)6-7-19(15)31-12-17(18)25-22(30)21-26-20(27-28-21)8-13-4-2-1-3-5-13/h1-7,10-11,17H,8-9,12H2,(H,25,30)(H,26,27,28)/t17-/m0/s1. The number of ether oxygens (including phenoxy) is 1. The molecule has 9 nitrogen and oxygen atoms in total. The van der Waals surface area contributed by atoms with Crippen molar-refractivity contribution in [2.24, 2.45) is 0 Å². The molecule has 2 aromatic carbocycles. The smallest absolute Gasteiger partial charge is 0.291 e. The third kappa shape index (κ3) is 3.85. The number of nitrogens with zero attached hydrogens (tertiary/aromatic N) is 4. The SMILES string of the molecule is O=C(N[C@H]1COc2ccc3cnncc3c2CC1=O)c1n[nH]c(Cc2ccccc2)n1. The second kappa shape index (κ2) is 7.94. The molecule has 1 amide bonds. The summed E-state index contributed by atoms with van der Waals surface area (Å²) < 4.78 is 5.83. The van der Waals surface area contributed by atoms with E-state index in [4.69, 9.17) is 4.74 Å². The summed E-state index contributed by atoms with van der Waals surface area (Å²) in [6.45, 7) is 0.0306. The Bertz CT molecular complexity index is 1270. The van der Waals surface area contributed by atoms with Crippen LogP contribution in [0.5, 0.6) is 5.75 Å². The molecule has 5 rings (SSSR count). The molecule has 0 aliphatic carbocycles. The predicted molar refractivity (Wildman–Crippen MR) is 111 cm³/mol. The Morgan fingerprint density at radius 2 is 1.97 bits per heavy atom. The van der Waals surface area contributed by atoms with Gasteiger partial charge in [-0.25, -0.2) is 4.98 Å². The van der Waals surface area contributed by atoms with Gasteiger partial charge < -0.3 is 10.1 Å². The van der Waals surface area contributed by atoms with Crippen molar-refractivity contribution in [1.29, 1.82) is 0 Å². The van der Waals surface area contributed by atoms with Gasteiger partial charge in [0.2, 0.25) is 5.82 Å². The fourth-order valence-corrected chi connectivity index (χ4v) is 3.61. The minimum Gasteiger partial charge on any atom is -0.491 e. The normalized spacial score (nSPS) is 15.7. The number of amides is 1. The molecule has 0 bridgehead atoms. The van der Waals surface area contributed by atoms with E-state index in [1.807, 2.05) is 42.5 Å². The van der Waals surface area contributed by atoms with Gasteiger partial charge in [0.1, 0.15) is 24.2 Å². The van der Waals surface area contributed by atoms with E-state index in [1.54, 1.807) is 12.4 Å². The van der Waals surface area contributed by atoms with E-state index in [0.717, 1.165) is 21.9 Å². The Balaban J connectivity index is 1.30. The minimum absolute atomic E-state index is 0.0128. The lowest BCUT2D eigenvalue weighted by atomic mass is 10.00. The summed E-state index contributed by atoms with van der Waals surface area (Å²) >= 11 is 0. The molecule has 0 radical (unpaired) electrons. The van der Waals surface area contributed by atoms with E-state index in [9.17, 15) is 9.59 Å². The quantitative estimate of drug-likeness (QED) is 0.520. The summed E-state index contributed by atoms with van der Waals surface area (Å²) in [6, 6.07) is 12.6. The van der Waals surface area contributed by atoms with Crippen LogP contribution in [0.25, 0.3) is 10.8 Å². The second-order valence-electron chi connectivity index (χ2n) is 7.28. The van der Waals surface area contributed by atoms with Crippen LogP contribution in [0.2, 0.25) is 0 Å². The summed E-state index contributed by atoms with van der Waals surface area (Å²) in [4.78, 5) is 29.7. The Kier molecular flexibility index (Phi) is 4.83. The number of ketones is 1. The van der Waals surface area contributed by atoms with Crippen molar-refractivity contribution in [2.75, 3.05) is 6.61 Å². The highest BCUT2D eigenvalue weighted by atomic mass is 16.5. The third-order valence-electron chi connectivity index (χ3n) is 5.20. The van der Waals surface area contributed by atoms with E-state index in [1.165, 1.54) is 0 Å². The molecule has 0 spiro atoms. The number of carbonyl (C=O) groups excluding carboxylic acids is 2. The van der Waals surface area contributed by atoms with Gasteiger partial charge in [0, 0.05) is 29.2 Å². The van der Waals surface area contributed by atoms with Crippen LogP contribution in [-0.2, 0) is 17.6 Å². The Labute approximate surface area is 176 Å². The van der Waals surface area contributed by atoms with E-state index >= 15 is 0 Å². The molecule has 2 N–H and O–H groups in total. The highest BCUT2D eigenvalue weighted by Crippen LogP contribution is 2.30. The molecule has 1 aliphatic heterocycles. The van der Waals surface area contributed by atoms with Crippen molar-refractivity contribution in [2.45, 2.75) is 18.9 Å². The van der Waals surface area contributed by atoms with Crippen molar-refractivity contribution >= 4 is 22.5 Å². The number of benzene rings is 2. The number of carbonyl (C=O) groups is 2. The van der Waals surface area contributed by atoms with Crippen molar-refractivity contribution in [1.82, 2.24) is 30.7 Å². The molecule has 31 heavy (non-hydrogen) atoms. The number of hydrogen-bond donors (Lipinski definition) is 2.